The van der Waals surface area contributed by atoms with Gasteiger partial charge in [0.05, 0.1) is 5.69 Å². The van der Waals surface area contributed by atoms with Crippen molar-refractivity contribution in [2.75, 3.05) is 0 Å². The standard InChI is InChI=1S/C7H7Cl2NO/c1-4-5(3-11-10-4)6-2-7(6,8)9/h3,6H,2H2,1H3. The van der Waals surface area contributed by atoms with Gasteiger partial charge in [-0.25, -0.2) is 0 Å². The predicted octanol–water partition coefficient (Wildman–Crippen LogP) is 2.64. The van der Waals surface area contributed by atoms with Crippen LogP contribution >= 0.6 is 23.2 Å². The van der Waals surface area contributed by atoms with Crippen LogP contribution in [0.4, 0.5) is 0 Å². The maximum Gasteiger partial charge on any atom is 0.127 e. The van der Waals surface area contributed by atoms with Gasteiger partial charge in [0.2, 0.25) is 0 Å². The van der Waals surface area contributed by atoms with E-state index in [-0.39, 0.29) is 5.92 Å². The molecule has 1 saturated carbocycles. The highest BCUT2D eigenvalue weighted by Gasteiger charge is 2.53. The molecular weight excluding hydrogens is 185 g/mol. The monoisotopic (exact) mass is 191 g/mol. The summed E-state index contributed by atoms with van der Waals surface area (Å²) in [5.41, 5.74) is 1.92. The summed E-state index contributed by atoms with van der Waals surface area (Å²) < 4.78 is 4.20. The van der Waals surface area contributed by atoms with Crippen LogP contribution in [-0.4, -0.2) is 9.49 Å². The van der Waals surface area contributed by atoms with Gasteiger partial charge in [-0.3, -0.25) is 0 Å². The molecule has 2 rings (SSSR count). The molecule has 1 aliphatic rings. The van der Waals surface area contributed by atoms with Gasteiger partial charge in [0, 0.05) is 11.5 Å². The van der Waals surface area contributed by atoms with Gasteiger partial charge in [-0.05, 0) is 13.3 Å². The lowest BCUT2D eigenvalue weighted by Crippen LogP contribution is -1.89. The van der Waals surface area contributed by atoms with Gasteiger partial charge in [-0.1, -0.05) is 5.16 Å². The third kappa shape index (κ3) is 1.14. The molecule has 0 N–H and O–H groups in total. The van der Waals surface area contributed by atoms with Gasteiger partial charge in [-0.15, -0.1) is 23.2 Å². The van der Waals surface area contributed by atoms with Gasteiger partial charge in [0.1, 0.15) is 10.6 Å². The Hall–Kier alpha value is -0.210. The molecule has 60 valence electrons. The number of nitrogens with zero attached hydrogens (tertiary/aromatic N) is 1. The van der Waals surface area contributed by atoms with Gasteiger partial charge < -0.3 is 4.52 Å². The van der Waals surface area contributed by atoms with Gasteiger partial charge in [0.25, 0.3) is 0 Å². The molecule has 1 fully saturated rings. The predicted molar refractivity (Wildman–Crippen MR) is 43.0 cm³/mol. The molecule has 1 aliphatic carbocycles. The minimum Gasteiger partial charge on any atom is -0.364 e. The van der Waals surface area contributed by atoms with E-state index in [4.69, 9.17) is 27.7 Å². The van der Waals surface area contributed by atoms with Crippen molar-refractivity contribution in [3.8, 4) is 0 Å². The van der Waals surface area contributed by atoms with Crippen LogP contribution in [0.3, 0.4) is 0 Å². The quantitative estimate of drug-likeness (QED) is 0.639. The minimum atomic E-state index is -0.573. The average molecular weight is 192 g/mol. The Morgan fingerprint density at radius 3 is 2.73 bits per heavy atom. The maximum absolute atomic E-state index is 5.87. The molecule has 1 heterocycles. The maximum atomic E-state index is 5.87. The van der Waals surface area contributed by atoms with Crippen LogP contribution in [0.25, 0.3) is 0 Å². The molecule has 0 bridgehead atoms. The molecule has 0 radical (unpaired) electrons. The number of aromatic nitrogens is 1. The summed E-state index contributed by atoms with van der Waals surface area (Å²) >= 11 is 11.7. The molecule has 11 heavy (non-hydrogen) atoms. The molecular formula is C7H7Cl2NO. The van der Waals surface area contributed by atoms with E-state index in [0.717, 1.165) is 17.7 Å². The zero-order valence-corrected chi connectivity index (χ0v) is 7.49. The molecule has 1 aromatic heterocycles. The second-order valence-electron chi connectivity index (χ2n) is 2.87. The van der Waals surface area contributed by atoms with Gasteiger partial charge in [-0.2, -0.15) is 0 Å². The smallest absolute Gasteiger partial charge is 0.127 e. The summed E-state index contributed by atoms with van der Waals surface area (Å²) in [5, 5.41) is 3.75. The summed E-state index contributed by atoms with van der Waals surface area (Å²) in [6.07, 6.45) is 2.42. The Bertz CT molecular complexity index is 282. The highest BCUT2D eigenvalue weighted by molar-refractivity contribution is 6.51. The first-order chi connectivity index (χ1) is 5.11. The van der Waals surface area contributed by atoms with E-state index >= 15 is 0 Å². The van der Waals surface area contributed by atoms with Crippen LogP contribution in [0.5, 0.6) is 0 Å². The Kier molecular flexibility index (Phi) is 1.45. The van der Waals surface area contributed by atoms with Crippen molar-refractivity contribution < 1.29 is 4.52 Å². The van der Waals surface area contributed by atoms with E-state index in [9.17, 15) is 0 Å². The van der Waals surface area contributed by atoms with E-state index < -0.39 is 4.33 Å². The Morgan fingerprint density at radius 1 is 1.73 bits per heavy atom. The van der Waals surface area contributed by atoms with Crippen LogP contribution < -0.4 is 0 Å². The second-order valence-corrected chi connectivity index (χ2v) is 4.42. The Balaban J connectivity index is 2.27. The zero-order chi connectivity index (χ0) is 8.06. The summed E-state index contributed by atoms with van der Waals surface area (Å²) in [6, 6.07) is 0. The number of halogens is 2. The normalized spacial score (nSPS) is 27.0. The fourth-order valence-corrected chi connectivity index (χ4v) is 1.73. The van der Waals surface area contributed by atoms with Crippen LogP contribution in [0, 0.1) is 6.92 Å². The molecule has 1 atom stereocenters. The van der Waals surface area contributed by atoms with Crippen molar-refractivity contribution >= 4 is 23.2 Å². The van der Waals surface area contributed by atoms with Crippen molar-refractivity contribution in [3.63, 3.8) is 0 Å². The topological polar surface area (TPSA) is 26.0 Å². The van der Waals surface area contributed by atoms with Gasteiger partial charge >= 0.3 is 0 Å². The van der Waals surface area contributed by atoms with Crippen molar-refractivity contribution in [2.45, 2.75) is 23.6 Å². The van der Waals surface area contributed by atoms with Gasteiger partial charge in [0.15, 0.2) is 0 Å². The first-order valence-corrected chi connectivity index (χ1v) is 4.15. The van der Waals surface area contributed by atoms with E-state index in [1.54, 1.807) is 6.26 Å². The number of alkyl halides is 2. The number of hydrogen-bond acceptors (Lipinski definition) is 2. The van der Waals surface area contributed by atoms with Crippen LogP contribution in [0.1, 0.15) is 23.6 Å². The highest BCUT2D eigenvalue weighted by atomic mass is 35.5. The summed E-state index contributed by atoms with van der Waals surface area (Å²) in [4.78, 5) is 0. The summed E-state index contributed by atoms with van der Waals surface area (Å²) in [6.45, 7) is 1.89. The first kappa shape index (κ1) is 7.44. The number of rotatable bonds is 1. The molecule has 0 aromatic carbocycles. The third-order valence-electron chi connectivity index (χ3n) is 1.99. The molecule has 0 saturated heterocycles. The molecule has 1 aromatic rings. The summed E-state index contributed by atoms with van der Waals surface area (Å²) in [7, 11) is 0. The van der Waals surface area contributed by atoms with Crippen LogP contribution in [-0.2, 0) is 0 Å². The van der Waals surface area contributed by atoms with E-state index in [1.807, 2.05) is 6.92 Å². The minimum absolute atomic E-state index is 0.220. The van der Waals surface area contributed by atoms with E-state index in [0.29, 0.717) is 0 Å². The Labute approximate surface area is 74.5 Å². The average Bonchev–Trinajstić information content (AvgIpc) is 2.38. The largest absolute Gasteiger partial charge is 0.364 e. The van der Waals surface area contributed by atoms with Crippen molar-refractivity contribution in [3.05, 3.63) is 17.5 Å². The fraction of sp³-hybridized carbons (Fsp3) is 0.571. The van der Waals surface area contributed by atoms with Crippen LogP contribution in [0.2, 0.25) is 0 Å². The lowest BCUT2D eigenvalue weighted by Gasteiger charge is -1.94. The molecule has 4 heteroatoms. The number of hydrogen-bond donors (Lipinski definition) is 0. The molecule has 0 spiro atoms. The zero-order valence-electron chi connectivity index (χ0n) is 5.97. The Morgan fingerprint density at radius 2 is 2.36 bits per heavy atom. The molecule has 0 amide bonds. The van der Waals surface area contributed by atoms with E-state index in [1.165, 1.54) is 0 Å². The third-order valence-corrected chi connectivity index (χ3v) is 2.82. The van der Waals surface area contributed by atoms with Crippen LogP contribution in [0.15, 0.2) is 10.8 Å². The fourth-order valence-electron chi connectivity index (χ4n) is 1.19. The lowest BCUT2D eigenvalue weighted by molar-refractivity contribution is 0.414. The highest BCUT2D eigenvalue weighted by Crippen LogP contribution is 2.59. The first-order valence-electron chi connectivity index (χ1n) is 3.40. The van der Waals surface area contributed by atoms with Crippen molar-refractivity contribution in [2.24, 2.45) is 0 Å². The van der Waals surface area contributed by atoms with Crippen molar-refractivity contribution in [1.82, 2.24) is 5.16 Å². The van der Waals surface area contributed by atoms with E-state index in [2.05, 4.69) is 5.16 Å². The second kappa shape index (κ2) is 2.14. The molecule has 1 unspecified atom stereocenters. The number of aryl methyl sites for hydroxylation is 1. The molecule has 0 aliphatic heterocycles. The lowest BCUT2D eigenvalue weighted by atomic mass is 10.2. The molecule has 2 nitrogen and oxygen atoms in total. The van der Waals surface area contributed by atoms with Crippen molar-refractivity contribution in [1.29, 1.82) is 0 Å². The SMILES string of the molecule is Cc1nocc1C1CC1(Cl)Cl. The summed E-state index contributed by atoms with van der Waals surface area (Å²) in [5.74, 6) is 0.220.